The lowest BCUT2D eigenvalue weighted by molar-refractivity contribution is -0.230. The number of aromatic nitrogens is 1. The molecular weight excluding hydrogens is 373 g/mol. The van der Waals surface area contributed by atoms with Gasteiger partial charge < -0.3 is 4.74 Å². The van der Waals surface area contributed by atoms with Crippen LogP contribution in [0.25, 0.3) is 0 Å². The highest BCUT2D eigenvalue weighted by Gasteiger charge is 2.52. The van der Waals surface area contributed by atoms with E-state index >= 15 is 0 Å². The number of ether oxygens (including phenoxy) is 1. The molecular formula is C22H26FN3OS. The maximum absolute atomic E-state index is 13.3. The van der Waals surface area contributed by atoms with Gasteiger partial charge in [0.2, 0.25) is 0 Å². The third-order valence-corrected chi connectivity index (χ3v) is 6.94. The van der Waals surface area contributed by atoms with Gasteiger partial charge in [-0.1, -0.05) is 23.5 Å². The molecule has 1 aromatic heterocycles. The maximum Gasteiger partial charge on any atom is 0.196 e. The largest absolute Gasteiger partial charge is 0.372 e. The molecule has 0 bridgehead atoms. The van der Waals surface area contributed by atoms with E-state index in [1.165, 1.54) is 11.8 Å². The Bertz CT molecular complexity index is 865. The molecule has 148 valence electrons. The van der Waals surface area contributed by atoms with E-state index in [1.807, 2.05) is 12.1 Å². The number of halogens is 1. The molecule has 4 rings (SSSR count). The zero-order valence-corrected chi connectivity index (χ0v) is 17.3. The number of nitriles is 1. The van der Waals surface area contributed by atoms with Crippen molar-refractivity contribution in [3.8, 4) is 6.07 Å². The Morgan fingerprint density at radius 1 is 1.36 bits per heavy atom. The second kappa shape index (κ2) is 7.55. The summed E-state index contributed by atoms with van der Waals surface area (Å²) in [5, 5.41) is 9.61. The van der Waals surface area contributed by atoms with Gasteiger partial charge in [-0.25, -0.2) is 4.98 Å². The average molecular weight is 400 g/mol. The summed E-state index contributed by atoms with van der Waals surface area (Å²) in [5.74, 6) is 0. The van der Waals surface area contributed by atoms with E-state index in [4.69, 9.17) is 10.00 Å². The third kappa shape index (κ3) is 4.12. The monoisotopic (exact) mass is 399 g/mol. The molecule has 0 aliphatic carbocycles. The normalized spacial score (nSPS) is 26.7. The zero-order chi connectivity index (χ0) is 19.8. The highest BCUT2D eigenvalue weighted by atomic mass is 32.1. The molecule has 0 spiro atoms. The first-order valence-electron chi connectivity index (χ1n) is 9.87. The van der Waals surface area contributed by atoms with Crippen LogP contribution in [0.15, 0.2) is 30.5 Å². The van der Waals surface area contributed by atoms with Gasteiger partial charge in [0, 0.05) is 18.4 Å². The number of nitrogens with zero attached hydrogens (tertiary/aromatic N) is 3. The van der Waals surface area contributed by atoms with E-state index in [9.17, 15) is 4.39 Å². The first kappa shape index (κ1) is 19.5. The number of rotatable bonds is 6. The quantitative estimate of drug-likeness (QED) is 0.715. The van der Waals surface area contributed by atoms with Gasteiger partial charge in [0.1, 0.15) is 5.01 Å². The van der Waals surface area contributed by atoms with Crippen LogP contribution in [-0.4, -0.2) is 34.7 Å². The first-order valence-corrected chi connectivity index (χ1v) is 10.7. The van der Waals surface area contributed by atoms with Crippen LogP contribution >= 0.6 is 11.3 Å². The molecule has 28 heavy (non-hydrogen) atoms. The van der Waals surface area contributed by atoms with Gasteiger partial charge in [-0.15, -0.1) is 0 Å². The second-order valence-electron chi connectivity index (χ2n) is 8.76. The number of hydrogen-bond acceptors (Lipinski definition) is 5. The van der Waals surface area contributed by atoms with Crippen molar-refractivity contribution in [2.75, 3.05) is 13.1 Å². The second-order valence-corrected chi connectivity index (χ2v) is 9.83. The van der Waals surface area contributed by atoms with Crippen molar-refractivity contribution in [1.29, 1.82) is 5.26 Å². The Hall–Kier alpha value is -1.81. The first-order chi connectivity index (χ1) is 13.4. The molecule has 0 N–H and O–H groups in total. The van der Waals surface area contributed by atoms with Crippen LogP contribution in [0.1, 0.15) is 49.2 Å². The highest BCUT2D eigenvalue weighted by Crippen LogP contribution is 2.49. The predicted molar refractivity (Wildman–Crippen MR) is 107 cm³/mol. The summed E-state index contributed by atoms with van der Waals surface area (Å²) in [5.41, 5.74) is 2.06. The summed E-state index contributed by atoms with van der Waals surface area (Å²) < 4.78 is 19.6. The molecule has 2 aliphatic rings. The van der Waals surface area contributed by atoms with Crippen LogP contribution in [0.2, 0.25) is 0 Å². The fourth-order valence-electron chi connectivity index (χ4n) is 4.60. The molecule has 2 atom stereocenters. The third-order valence-electron chi connectivity index (χ3n) is 6.16. The number of benzene rings is 1. The van der Waals surface area contributed by atoms with Gasteiger partial charge in [-0.3, -0.25) is 4.90 Å². The predicted octanol–water partition coefficient (Wildman–Crippen LogP) is 4.55. The Labute approximate surface area is 170 Å². The van der Waals surface area contributed by atoms with Crippen LogP contribution in [-0.2, 0) is 17.7 Å². The van der Waals surface area contributed by atoms with E-state index < -0.39 is 0 Å². The van der Waals surface area contributed by atoms with Gasteiger partial charge in [0.25, 0.3) is 0 Å². The number of hydrogen-bond donors (Lipinski definition) is 0. The molecule has 0 amide bonds. The van der Waals surface area contributed by atoms with Crippen molar-refractivity contribution >= 4 is 11.3 Å². The van der Waals surface area contributed by atoms with E-state index in [-0.39, 0.29) is 22.3 Å². The molecule has 2 fully saturated rings. The van der Waals surface area contributed by atoms with Crippen molar-refractivity contribution in [2.24, 2.45) is 5.41 Å². The fraction of sp³-hybridized carbons (Fsp3) is 0.545. The molecule has 4 nitrogen and oxygen atoms in total. The summed E-state index contributed by atoms with van der Waals surface area (Å²) in [6.07, 6.45) is 5.80. The molecule has 0 saturated carbocycles. The Kier molecular flexibility index (Phi) is 5.26. The molecule has 1 aromatic carbocycles. The van der Waals surface area contributed by atoms with Crippen LogP contribution < -0.4 is 0 Å². The number of aryl methyl sites for hydroxylation is 1. The van der Waals surface area contributed by atoms with Gasteiger partial charge in [-0.2, -0.15) is 9.65 Å². The minimum absolute atomic E-state index is 0.0298. The van der Waals surface area contributed by atoms with Gasteiger partial charge in [-0.05, 0) is 57.4 Å². The minimum atomic E-state index is -0.217. The lowest BCUT2D eigenvalue weighted by Crippen LogP contribution is -2.55. The summed E-state index contributed by atoms with van der Waals surface area (Å²) in [6.45, 7) is 6.98. The zero-order valence-electron chi connectivity index (χ0n) is 16.4. The SMILES string of the molecule is CC1(C)CC([C@]2(CCc3ccc(C#N)cc3)CCN(Cc3ncc(F)s3)C2)O1. The topological polar surface area (TPSA) is 49.2 Å². The van der Waals surface area contributed by atoms with Crippen LogP contribution in [0.4, 0.5) is 4.39 Å². The van der Waals surface area contributed by atoms with Crippen molar-refractivity contribution in [3.05, 3.63) is 51.7 Å². The average Bonchev–Trinajstić information content (AvgIpc) is 3.25. The smallest absolute Gasteiger partial charge is 0.196 e. The van der Waals surface area contributed by atoms with Crippen molar-refractivity contribution in [1.82, 2.24) is 9.88 Å². The molecule has 6 heteroatoms. The van der Waals surface area contributed by atoms with Crippen LogP contribution in [0, 0.1) is 21.9 Å². The van der Waals surface area contributed by atoms with Crippen molar-refractivity contribution < 1.29 is 9.13 Å². The minimum Gasteiger partial charge on any atom is -0.372 e. The summed E-state index contributed by atoms with van der Waals surface area (Å²) in [6, 6.07) is 10.1. The molecule has 0 radical (unpaired) electrons. The van der Waals surface area contributed by atoms with Crippen molar-refractivity contribution in [3.63, 3.8) is 0 Å². The van der Waals surface area contributed by atoms with Crippen LogP contribution in [0.5, 0.6) is 0 Å². The van der Waals surface area contributed by atoms with Gasteiger partial charge >= 0.3 is 0 Å². The fourth-order valence-corrected chi connectivity index (χ4v) is 5.29. The van der Waals surface area contributed by atoms with E-state index in [2.05, 4.69) is 41.9 Å². The Morgan fingerprint density at radius 3 is 2.71 bits per heavy atom. The molecule has 3 heterocycles. The van der Waals surface area contributed by atoms with Crippen molar-refractivity contribution in [2.45, 2.75) is 57.8 Å². The van der Waals surface area contributed by atoms with Crippen LogP contribution in [0.3, 0.4) is 0 Å². The Balaban J connectivity index is 1.45. The summed E-state index contributed by atoms with van der Waals surface area (Å²) in [4.78, 5) is 6.58. The standard InChI is InChI=1S/C22H26FN3OS/c1-21(2)11-18(27-21)22(8-7-16-3-5-17(12-24)6-4-16)9-10-26(15-22)14-20-25-13-19(23)28-20/h3-6,13,18H,7-11,14-15H2,1-2H3/t18?,22-/m1/s1. The molecule has 2 aliphatic heterocycles. The molecule has 1 unspecified atom stereocenters. The molecule has 2 aromatic rings. The van der Waals surface area contributed by atoms with E-state index in [0.29, 0.717) is 12.1 Å². The summed E-state index contributed by atoms with van der Waals surface area (Å²) >= 11 is 1.14. The molecule has 2 saturated heterocycles. The van der Waals surface area contributed by atoms with Gasteiger partial charge in [0.15, 0.2) is 5.13 Å². The van der Waals surface area contributed by atoms with Gasteiger partial charge in [0.05, 0.1) is 36.1 Å². The van der Waals surface area contributed by atoms with E-state index in [0.717, 1.165) is 55.1 Å². The number of likely N-dealkylation sites (tertiary alicyclic amines) is 1. The maximum atomic E-state index is 13.3. The lowest BCUT2D eigenvalue weighted by Gasteiger charge is -2.52. The Morgan fingerprint density at radius 2 is 2.11 bits per heavy atom. The number of thiazole rings is 1. The summed E-state index contributed by atoms with van der Waals surface area (Å²) in [7, 11) is 0. The lowest BCUT2D eigenvalue weighted by atomic mass is 9.70. The highest BCUT2D eigenvalue weighted by molar-refractivity contribution is 7.09. The van der Waals surface area contributed by atoms with E-state index in [1.54, 1.807) is 0 Å².